The number of methoxy groups -OCH3 is 1. The Morgan fingerprint density at radius 2 is 2.06 bits per heavy atom. The third-order valence-electron chi connectivity index (χ3n) is 6.12. The van der Waals surface area contributed by atoms with Crippen LogP contribution in [0.5, 0.6) is 5.19 Å². The van der Waals surface area contributed by atoms with Gasteiger partial charge in [0.05, 0.1) is 18.7 Å². The Kier molecular flexibility index (Phi) is 6.40. The van der Waals surface area contributed by atoms with E-state index in [0.717, 1.165) is 19.4 Å². The summed E-state index contributed by atoms with van der Waals surface area (Å²) >= 11 is 1.18. The lowest BCUT2D eigenvalue weighted by atomic mass is 10.0. The van der Waals surface area contributed by atoms with E-state index < -0.39 is 11.7 Å². The van der Waals surface area contributed by atoms with Crippen molar-refractivity contribution in [2.24, 2.45) is 0 Å². The van der Waals surface area contributed by atoms with E-state index in [2.05, 4.69) is 20.5 Å². The van der Waals surface area contributed by atoms with Crippen LogP contribution in [0.4, 0.5) is 14.6 Å². The SMILES string of the molecule is COc1nnc(-c2ccc(C(=O)N(c3nccc4cc(F)cc(C)c34)[C@@H]3CCCNC3)c(F)c2)s1. The molecule has 0 bridgehead atoms. The molecule has 7 nitrogen and oxygen atoms in total. The molecule has 1 saturated heterocycles. The highest BCUT2D eigenvalue weighted by Crippen LogP contribution is 2.33. The molecule has 1 atom stereocenters. The first kappa shape index (κ1) is 23.3. The van der Waals surface area contributed by atoms with Crippen molar-refractivity contribution in [3.05, 3.63) is 65.4 Å². The van der Waals surface area contributed by atoms with Gasteiger partial charge in [-0.05, 0) is 67.6 Å². The van der Waals surface area contributed by atoms with Crippen LogP contribution in [-0.4, -0.2) is 47.3 Å². The highest BCUT2D eigenvalue weighted by atomic mass is 32.1. The quantitative estimate of drug-likeness (QED) is 0.431. The molecule has 3 heterocycles. The molecule has 5 rings (SSSR count). The van der Waals surface area contributed by atoms with E-state index in [1.54, 1.807) is 30.2 Å². The summed E-state index contributed by atoms with van der Waals surface area (Å²) in [7, 11) is 1.48. The normalized spacial score (nSPS) is 15.8. The smallest absolute Gasteiger partial charge is 0.294 e. The molecule has 2 aromatic heterocycles. The maximum Gasteiger partial charge on any atom is 0.294 e. The third-order valence-corrected chi connectivity index (χ3v) is 7.05. The number of benzene rings is 2. The van der Waals surface area contributed by atoms with E-state index in [4.69, 9.17) is 4.74 Å². The Morgan fingerprint density at radius 1 is 1.20 bits per heavy atom. The summed E-state index contributed by atoms with van der Waals surface area (Å²) in [6.45, 7) is 3.18. The Balaban J connectivity index is 1.59. The van der Waals surface area contributed by atoms with Crippen LogP contribution in [0.3, 0.4) is 0 Å². The van der Waals surface area contributed by atoms with Gasteiger partial charge in [0, 0.05) is 23.7 Å². The van der Waals surface area contributed by atoms with E-state index in [0.29, 0.717) is 44.5 Å². The standard InChI is InChI=1S/C25H23F2N5O2S/c1-14-10-17(26)11-15-7-9-29-22(21(14)15)32(18-4-3-8-28-13-18)24(33)19-6-5-16(12-20(19)27)23-30-31-25(34-2)35-23/h5-7,9-12,18,28H,3-4,8,13H2,1-2H3/t18-/m1/s1. The van der Waals surface area contributed by atoms with Crippen molar-refractivity contribution in [3.8, 4) is 15.8 Å². The van der Waals surface area contributed by atoms with Gasteiger partial charge in [-0.15, -0.1) is 5.10 Å². The van der Waals surface area contributed by atoms with Crippen molar-refractivity contribution in [2.75, 3.05) is 25.1 Å². The zero-order valence-electron chi connectivity index (χ0n) is 19.2. The topological polar surface area (TPSA) is 80.2 Å². The predicted octanol–water partition coefficient (Wildman–Crippen LogP) is 4.75. The maximum absolute atomic E-state index is 15.4. The Hall–Kier alpha value is -3.50. The molecule has 1 aliphatic rings. The number of piperidine rings is 1. The van der Waals surface area contributed by atoms with Gasteiger partial charge in [-0.25, -0.2) is 13.8 Å². The molecule has 4 aromatic rings. The zero-order valence-corrected chi connectivity index (χ0v) is 20.0. The lowest BCUT2D eigenvalue weighted by Crippen LogP contribution is -2.49. The number of nitrogens with one attached hydrogen (secondary N) is 1. The predicted molar refractivity (Wildman–Crippen MR) is 131 cm³/mol. The molecule has 1 fully saturated rings. The molecule has 0 unspecified atom stereocenters. The molecule has 180 valence electrons. The third kappa shape index (κ3) is 4.46. The maximum atomic E-state index is 15.4. The van der Waals surface area contributed by atoms with Crippen LogP contribution >= 0.6 is 11.3 Å². The first-order valence-corrected chi connectivity index (χ1v) is 12.0. The number of carbonyl (C=O) groups excluding carboxylic acids is 1. The fourth-order valence-corrected chi connectivity index (χ4v) is 5.15. The van der Waals surface area contributed by atoms with Crippen molar-refractivity contribution in [3.63, 3.8) is 0 Å². The molecular weight excluding hydrogens is 472 g/mol. The number of hydrogen-bond acceptors (Lipinski definition) is 7. The molecular formula is C25H23F2N5O2S. The molecule has 0 radical (unpaired) electrons. The van der Waals surface area contributed by atoms with Crippen LogP contribution in [0.15, 0.2) is 42.6 Å². The number of nitrogens with zero attached hydrogens (tertiary/aromatic N) is 4. The van der Waals surface area contributed by atoms with Gasteiger partial charge in [-0.1, -0.05) is 22.5 Å². The van der Waals surface area contributed by atoms with Gasteiger partial charge < -0.3 is 10.1 Å². The van der Waals surface area contributed by atoms with Crippen LogP contribution in [0.1, 0.15) is 28.8 Å². The molecule has 0 aliphatic carbocycles. The number of ether oxygens (including phenoxy) is 1. The number of pyridine rings is 1. The summed E-state index contributed by atoms with van der Waals surface area (Å²) in [6.07, 6.45) is 3.16. The number of halogens is 2. The summed E-state index contributed by atoms with van der Waals surface area (Å²) in [6, 6.07) is 8.70. The number of amides is 1. The number of fused-ring (bicyclic) bond motifs is 1. The van der Waals surface area contributed by atoms with Crippen LogP contribution in [0.2, 0.25) is 0 Å². The molecule has 10 heteroatoms. The number of aryl methyl sites for hydroxylation is 1. The van der Waals surface area contributed by atoms with Gasteiger partial charge in [0.25, 0.3) is 11.1 Å². The van der Waals surface area contributed by atoms with Crippen molar-refractivity contribution in [2.45, 2.75) is 25.8 Å². The van der Waals surface area contributed by atoms with Gasteiger partial charge in [-0.3, -0.25) is 9.69 Å². The van der Waals surface area contributed by atoms with Gasteiger partial charge in [-0.2, -0.15) is 0 Å². The fourth-order valence-electron chi connectivity index (χ4n) is 4.49. The van der Waals surface area contributed by atoms with E-state index in [1.807, 2.05) is 0 Å². The van der Waals surface area contributed by atoms with Crippen molar-refractivity contribution < 1.29 is 18.3 Å². The van der Waals surface area contributed by atoms with Gasteiger partial charge in [0.15, 0.2) is 5.01 Å². The Labute approximate surface area is 204 Å². The van der Waals surface area contributed by atoms with Crippen LogP contribution in [-0.2, 0) is 0 Å². The minimum absolute atomic E-state index is 0.0747. The largest absolute Gasteiger partial charge is 0.472 e. The molecule has 2 aromatic carbocycles. The van der Waals surface area contributed by atoms with Crippen LogP contribution in [0.25, 0.3) is 21.3 Å². The molecule has 1 amide bonds. The molecule has 35 heavy (non-hydrogen) atoms. The van der Waals surface area contributed by atoms with Gasteiger partial charge in [0.1, 0.15) is 17.5 Å². The zero-order chi connectivity index (χ0) is 24.5. The summed E-state index contributed by atoms with van der Waals surface area (Å²) in [5.41, 5.74) is 1.08. The Morgan fingerprint density at radius 3 is 2.77 bits per heavy atom. The first-order valence-electron chi connectivity index (χ1n) is 11.2. The van der Waals surface area contributed by atoms with Crippen LogP contribution in [0, 0.1) is 18.6 Å². The highest BCUT2D eigenvalue weighted by molar-refractivity contribution is 7.16. The molecule has 0 saturated carbocycles. The first-order chi connectivity index (χ1) is 17.0. The fraction of sp³-hybridized carbons (Fsp3) is 0.280. The molecule has 0 spiro atoms. The van der Waals surface area contributed by atoms with E-state index in [9.17, 15) is 9.18 Å². The van der Waals surface area contributed by atoms with E-state index in [-0.39, 0.29) is 17.4 Å². The van der Waals surface area contributed by atoms with E-state index >= 15 is 4.39 Å². The Bertz CT molecular complexity index is 1400. The highest BCUT2D eigenvalue weighted by Gasteiger charge is 2.32. The summed E-state index contributed by atoms with van der Waals surface area (Å²) in [4.78, 5) is 20.0. The summed E-state index contributed by atoms with van der Waals surface area (Å²) in [5.74, 6) is -1.13. The van der Waals surface area contributed by atoms with Gasteiger partial charge >= 0.3 is 0 Å². The lowest BCUT2D eigenvalue weighted by Gasteiger charge is -2.35. The summed E-state index contributed by atoms with van der Waals surface area (Å²) < 4.78 is 34.5. The summed E-state index contributed by atoms with van der Waals surface area (Å²) in [5, 5.41) is 13.4. The number of hydrogen-bond donors (Lipinski definition) is 1. The minimum Gasteiger partial charge on any atom is -0.472 e. The second kappa shape index (κ2) is 9.63. The van der Waals surface area contributed by atoms with Crippen molar-refractivity contribution in [1.82, 2.24) is 20.5 Å². The number of anilines is 1. The number of carbonyl (C=O) groups is 1. The average Bonchev–Trinajstić information content (AvgIpc) is 3.34. The number of aromatic nitrogens is 3. The van der Waals surface area contributed by atoms with E-state index in [1.165, 1.54) is 42.7 Å². The van der Waals surface area contributed by atoms with Crippen molar-refractivity contribution in [1.29, 1.82) is 0 Å². The second-order valence-corrected chi connectivity index (χ2v) is 9.34. The number of rotatable bonds is 5. The van der Waals surface area contributed by atoms with Crippen molar-refractivity contribution >= 4 is 33.8 Å². The monoisotopic (exact) mass is 495 g/mol. The lowest BCUT2D eigenvalue weighted by molar-refractivity contribution is 0.0968. The van der Waals surface area contributed by atoms with Gasteiger partial charge in [0.2, 0.25) is 0 Å². The molecule has 1 aliphatic heterocycles. The minimum atomic E-state index is -0.668. The molecule has 1 N–H and O–H groups in total. The van der Waals surface area contributed by atoms with Crippen LogP contribution < -0.4 is 15.0 Å². The average molecular weight is 496 g/mol. The second-order valence-electron chi connectivity index (χ2n) is 8.40.